The minimum atomic E-state index is -0.278. The molecule has 18 heavy (non-hydrogen) atoms. The van der Waals surface area contributed by atoms with Gasteiger partial charge in [0.1, 0.15) is 5.82 Å². The van der Waals surface area contributed by atoms with Crippen LogP contribution >= 0.6 is 11.3 Å². The van der Waals surface area contributed by atoms with E-state index < -0.39 is 0 Å². The van der Waals surface area contributed by atoms with Gasteiger partial charge >= 0.3 is 6.03 Å². The largest absolute Gasteiger partial charge is 0.332 e. The Kier molecular flexibility index (Phi) is 4.25. The number of anilines is 1. The Hall–Kier alpha value is -1.95. The first-order valence-corrected chi connectivity index (χ1v) is 6.55. The number of aryl methyl sites for hydroxylation is 1. The molecule has 2 N–H and O–H groups in total. The SMILES string of the molecule is CCc1nc(CNC(=O)Nc2ccccn2)cs1. The molecule has 2 heterocycles. The van der Waals surface area contributed by atoms with E-state index in [2.05, 4.69) is 27.5 Å². The summed E-state index contributed by atoms with van der Waals surface area (Å²) in [6.45, 7) is 2.49. The Morgan fingerprint density at radius 1 is 1.44 bits per heavy atom. The molecule has 0 radical (unpaired) electrons. The van der Waals surface area contributed by atoms with E-state index in [1.54, 1.807) is 29.7 Å². The van der Waals surface area contributed by atoms with Crippen LogP contribution < -0.4 is 10.6 Å². The highest BCUT2D eigenvalue weighted by molar-refractivity contribution is 7.09. The van der Waals surface area contributed by atoms with Crippen molar-refractivity contribution in [2.75, 3.05) is 5.32 Å². The molecule has 0 aliphatic carbocycles. The van der Waals surface area contributed by atoms with Gasteiger partial charge < -0.3 is 5.32 Å². The van der Waals surface area contributed by atoms with Gasteiger partial charge in [-0.25, -0.2) is 14.8 Å². The summed E-state index contributed by atoms with van der Waals surface area (Å²) >= 11 is 1.61. The number of carbonyl (C=O) groups excluding carboxylic acids is 1. The van der Waals surface area contributed by atoms with Crippen LogP contribution in [0.2, 0.25) is 0 Å². The van der Waals surface area contributed by atoms with Crippen molar-refractivity contribution in [3.63, 3.8) is 0 Å². The number of urea groups is 1. The number of thiazole rings is 1. The number of amides is 2. The lowest BCUT2D eigenvalue weighted by atomic mass is 10.4. The molecular weight excluding hydrogens is 248 g/mol. The van der Waals surface area contributed by atoms with E-state index in [9.17, 15) is 4.79 Å². The van der Waals surface area contributed by atoms with Crippen LogP contribution in [0.25, 0.3) is 0 Å². The van der Waals surface area contributed by atoms with Crippen molar-refractivity contribution in [3.8, 4) is 0 Å². The second-order valence-electron chi connectivity index (χ2n) is 3.61. The number of nitrogens with one attached hydrogen (secondary N) is 2. The van der Waals surface area contributed by atoms with Gasteiger partial charge in [0, 0.05) is 11.6 Å². The van der Waals surface area contributed by atoms with Crippen molar-refractivity contribution in [2.45, 2.75) is 19.9 Å². The van der Waals surface area contributed by atoms with E-state index in [4.69, 9.17) is 0 Å². The third-order valence-corrected chi connectivity index (χ3v) is 3.28. The minimum absolute atomic E-state index is 0.278. The van der Waals surface area contributed by atoms with Gasteiger partial charge in [0.25, 0.3) is 0 Å². The van der Waals surface area contributed by atoms with Crippen LogP contribution in [0, 0.1) is 0 Å². The van der Waals surface area contributed by atoms with Gasteiger partial charge in [-0.15, -0.1) is 11.3 Å². The smallest absolute Gasteiger partial charge is 0.320 e. The zero-order valence-corrected chi connectivity index (χ0v) is 10.8. The maximum absolute atomic E-state index is 11.6. The van der Waals surface area contributed by atoms with E-state index in [1.165, 1.54) is 0 Å². The average molecular weight is 262 g/mol. The molecule has 0 bridgehead atoms. The lowest BCUT2D eigenvalue weighted by Gasteiger charge is -2.04. The van der Waals surface area contributed by atoms with Crippen molar-refractivity contribution in [1.82, 2.24) is 15.3 Å². The van der Waals surface area contributed by atoms with Crippen molar-refractivity contribution in [2.24, 2.45) is 0 Å². The van der Waals surface area contributed by atoms with E-state index in [-0.39, 0.29) is 6.03 Å². The van der Waals surface area contributed by atoms with Crippen LogP contribution in [-0.4, -0.2) is 16.0 Å². The van der Waals surface area contributed by atoms with Crippen LogP contribution in [0.15, 0.2) is 29.8 Å². The summed E-state index contributed by atoms with van der Waals surface area (Å²) in [5, 5.41) is 8.43. The number of hydrogen-bond acceptors (Lipinski definition) is 4. The van der Waals surface area contributed by atoms with Crippen molar-refractivity contribution in [3.05, 3.63) is 40.5 Å². The lowest BCUT2D eigenvalue weighted by molar-refractivity contribution is 0.251. The van der Waals surface area contributed by atoms with Gasteiger partial charge in [-0.2, -0.15) is 0 Å². The van der Waals surface area contributed by atoms with E-state index >= 15 is 0 Å². The van der Waals surface area contributed by atoms with Gasteiger partial charge in [-0.3, -0.25) is 5.32 Å². The first-order chi connectivity index (χ1) is 8.78. The quantitative estimate of drug-likeness (QED) is 0.889. The standard InChI is InChI=1S/C12H14N4OS/c1-2-11-15-9(8-18-11)7-14-12(17)16-10-5-3-4-6-13-10/h3-6,8H,2,7H2,1H3,(H2,13,14,16,17). The fourth-order valence-electron chi connectivity index (χ4n) is 1.36. The molecule has 0 spiro atoms. The normalized spacial score (nSPS) is 10.1. The highest BCUT2D eigenvalue weighted by Crippen LogP contribution is 2.09. The first kappa shape index (κ1) is 12.5. The summed E-state index contributed by atoms with van der Waals surface area (Å²) in [6.07, 6.45) is 2.55. The minimum Gasteiger partial charge on any atom is -0.332 e. The van der Waals surface area contributed by atoms with Gasteiger partial charge in [0.05, 0.1) is 17.2 Å². The number of hydrogen-bond donors (Lipinski definition) is 2. The number of carbonyl (C=O) groups is 1. The monoisotopic (exact) mass is 262 g/mol. The highest BCUT2D eigenvalue weighted by atomic mass is 32.1. The zero-order valence-electron chi connectivity index (χ0n) is 10.0. The predicted molar refractivity (Wildman–Crippen MR) is 71.6 cm³/mol. The summed E-state index contributed by atoms with van der Waals surface area (Å²) in [7, 11) is 0. The Balaban J connectivity index is 1.81. The van der Waals surface area contributed by atoms with Crippen LogP contribution in [0.3, 0.4) is 0 Å². The summed E-state index contributed by atoms with van der Waals surface area (Å²) in [4.78, 5) is 19.9. The van der Waals surface area contributed by atoms with Gasteiger partial charge in [-0.05, 0) is 18.6 Å². The molecular formula is C12H14N4OS. The molecule has 0 fully saturated rings. The van der Waals surface area contributed by atoms with E-state index in [0.717, 1.165) is 17.1 Å². The fourth-order valence-corrected chi connectivity index (χ4v) is 2.11. The van der Waals surface area contributed by atoms with Crippen molar-refractivity contribution < 1.29 is 4.79 Å². The highest BCUT2D eigenvalue weighted by Gasteiger charge is 2.04. The van der Waals surface area contributed by atoms with Gasteiger partial charge in [-0.1, -0.05) is 13.0 Å². The van der Waals surface area contributed by atoms with Gasteiger partial charge in [0.2, 0.25) is 0 Å². The molecule has 0 aromatic carbocycles. The zero-order chi connectivity index (χ0) is 12.8. The second kappa shape index (κ2) is 6.11. The number of pyridine rings is 1. The van der Waals surface area contributed by atoms with Crippen LogP contribution in [0.4, 0.5) is 10.6 Å². The van der Waals surface area contributed by atoms with Crippen molar-refractivity contribution in [1.29, 1.82) is 0 Å². The maximum atomic E-state index is 11.6. The molecule has 0 unspecified atom stereocenters. The summed E-state index contributed by atoms with van der Waals surface area (Å²) < 4.78 is 0. The third-order valence-electron chi connectivity index (χ3n) is 2.24. The number of nitrogens with zero attached hydrogens (tertiary/aromatic N) is 2. The Morgan fingerprint density at radius 2 is 2.33 bits per heavy atom. The molecule has 0 aliphatic heterocycles. The second-order valence-corrected chi connectivity index (χ2v) is 4.55. The topological polar surface area (TPSA) is 66.9 Å². The molecule has 94 valence electrons. The summed E-state index contributed by atoms with van der Waals surface area (Å²) in [5.74, 6) is 0.530. The van der Waals surface area contributed by atoms with Gasteiger partial charge in [0.15, 0.2) is 0 Å². The third kappa shape index (κ3) is 3.53. The Labute approximate surface area is 109 Å². The van der Waals surface area contributed by atoms with E-state index in [1.807, 2.05) is 11.4 Å². The molecule has 0 saturated heterocycles. The number of aromatic nitrogens is 2. The summed E-state index contributed by atoms with van der Waals surface area (Å²) in [6, 6.07) is 5.07. The summed E-state index contributed by atoms with van der Waals surface area (Å²) in [5.41, 5.74) is 0.882. The predicted octanol–water partition coefficient (Wildman–Crippen LogP) is 2.42. The molecule has 5 nitrogen and oxygen atoms in total. The molecule has 2 rings (SSSR count). The average Bonchev–Trinajstić information content (AvgIpc) is 2.85. The van der Waals surface area contributed by atoms with E-state index in [0.29, 0.717) is 12.4 Å². The first-order valence-electron chi connectivity index (χ1n) is 5.67. The Morgan fingerprint density at radius 3 is 3.00 bits per heavy atom. The molecule has 2 aromatic rings. The van der Waals surface area contributed by atoms with Crippen LogP contribution in [-0.2, 0) is 13.0 Å². The molecule has 2 amide bonds. The molecule has 6 heteroatoms. The maximum Gasteiger partial charge on any atom is 0.320 e. The fraction of sp³-hybridized carbons (Fsp3) is 0.250. The lowest BCUT2D eigenvalue weighted by Crippen LogP contribution is -2.28. The van der Waals surface area contributed by atoms with Crippen LogP contribution in [0.5, 0.6) is 0 Å². The molecule has 0 saturated carbocycles. The molecule has 0 aliphatic rings. The molecule has 2 aromatic heterocycles. The van der Waals surface area contributed by atoms with Crippen molar-refractivity contribution >= 4 is 23.2 Å². The Bertz CT molecular complexity index is 512. The van der Waals surface area contributed by atoms with Crippen LogP contribution in [0.1, 0.15) is 17.6 Å². The number of rotatable bonds is 4. The molecule has 0 atom stereocenters.